The van der Waals surface area contributed by atoms with E-state index < -0.39 is 10.5 Å². The first-order valence-corrected chi connectivity index (χ1v) is 16.5. The molecule has 2 amide bonds. The number of anilines is 1. The number of benzene rings is 3. The van der Waals surface area contributed by atoms with Gasteiger partial charge in [-0.1, -0.05) is 42.5 Å². The van der Waals surface area contributed by atoms with Gasteiger partial charge in [0.2, 0.25) is 0 Å². The van der Waals surface area contributed by atoms with Gasteiger partial charge in [0.15, 0.2) is 0 Å². The third-order valence-electron chi connectivity index (χ3n) is 8.71. The first-order valence-electron chi connectivity index (χ1n) is 16.5. The Kier molecular flexibility index (Phi) is 9.63. The molecule has 1 saturated carbocycles. The summed E-state index contributed by atoms with van der Waals surface area (Å²) < 4.78 is 18.0. The second-order valence-electron chi connectivity index (χ2n) is 13.5. The van der Waals surface area contributed by atoms with Crippen LogP contribution in [0.15, 0.2) is 84.9 Å². The number of hydrogen-bond donors (Lipinski definition) is 0. The highest BCUT2D eigenvalue weighted by Crippen LogP contribution is 2.38. The SMILES string of the molecule is CC(C)(C)OC(=O)N1CCC(OC2CC(Oc3ccc(CN4C(=O)C(=CC=Cc5ccc([N+](=O)[O-])cc5)c5ccccc54)cc3)C2)CC1. The van der Waals surface area contributed by atoms with Crippen LogP contribution in [0.1, 0.15) is 63.1 Å². The number of amides is 2. The molecule has 0 bridgehead atoms. The Bertz CT molecular complexity index is 1700. The van der Waals surface area contributed by atoms with Crippen LogP contribution >= 0.6 is 0 Å². The molecule has 48 heavy (non-hydrogen) atoms. The number of rotatable bonds is 9. The van der Waals surface area contributed by atoms with Crippen molar-refractivity contribution in [2.24, 2.45) is 0 Å². The van der Waals surface area contributed by atoms with Crippen LogP contribution < -0.4 is 9.64 Å². The van der Waals surface area contributed by atoms with Crippen molar-refractivity contribution < 1.29 is 28.7 Å². The second kappa shape index (κ2) is 14.0. The highest BCUT2D eigenvalue weighted by Gasteiger charge is 2.36. The Hall–Kier alpha value is -4.96. The number of nitro benzene ring substituents is 1. The van der Waals surface area contributed by atoms with Crippen LogP contribution in [0, 0.1) is 10.1 Å². The molecule has 3 aromatic rings. The average molecular weight is 652 g/mol. The minimum Gasteiger partial charge on any atom is -0.490 e. The lowest BCUT2D eigenvalue weighted by Crippen LogP contribution is -2.46. The van der Waals surface area contributed by atoms with E-state index in [1.165, 1.54) is 12.1 Å². The molecule has 2 heterocycles. The van der Waals surface area contributed by atoms with Crippen molar-refractivity contribution in [3.05, 3.63) is 112 Å². The predicted molar refractivity (Wildman–Crippen MR) is 184 cm³/mol. The van der Waals surface area contributed by atoms with Crippen molar-refractivity contribution in [3.8, 4) is 5.75 Å². The molecule has 0 N–H and O–H groups in total. The number of likely N-dealkylation sites (tertiary alicyclic amines) is 1. The molecule has 1 saturated heterocycles. The lowest BCUT2D eigenvalue weighted by atomic mass is 9.91. The number of allylic oxidation sites excluding steroid dienone is 2. The van der Waals surface area contributed by atoms with Gasteiger partial charge in [-0.25, -0.2) is 4.79 Å². The predicted octanol–water partition coefficient (Wildman–Crippen LogP) is 7.56. The van der Waals surface area contributed by atoms with Crippen molar-refractivity contribution in [2.45, 2.75) is 76.9 Å². The number of non-ortho nitro benzene ring substituents is 1. The summed E-state index contributed by atoms with van der Waals surface area (Å²) >= 11 is 0. The third-order valence-corrected chi connectivity index (χ3v) is 8.71. The second-order valence-corrected chi connectivity index (χ2v) is 13.5. The van der Waals surface area contributed by atoms with Gasteiger partial charge in [-0.2, -0.15) is 0 Å². The first kappa shape index (κ1) is 33.0. The summed E-state index contributed by atoms with van der Waals surface area (Å²) in [7, 11) is 0. The molecule has 2 aliphatic heterocycles. The van der Waals surface area contributed by atoms with E-state index in [0.717, 1.165) is 53.8 Å². The zero-order valence-electron chi connectivity index (χ0n) is 27.5. The number of nitrogens with zero attached hydrogens (tertiary/aromatic N) is 3. The molecule has 3 aromatic carbocycles. The highest BCUT2D eigenvalue weighted by molar-refractivity contribution is 6.32. The minimum absolute atomic E-state index is 0.0358. The summed E-state index contributed by atoms with van der Waals surface area (Å²) in [5.74, 6) is 0.707. The Morgan fingerprint density at radius 3 is 2.29 bits per heavy atom. The van der Waals surface area contributed by atoms with Crippen molar-refractivity contribution in [1.82, 2.24) is 4.90 Å². The lowest BCUT2D eigenvalue weighted by Gasteiger charge is -2.40. The van der Waals surface area contributed by atoms with Gasteiger partial charge in [0.1, 0.15) is 17.5 Å². The van der Waals surface area contributed by atoms with Crippen LogP contribution in [0.3, 0.4) is 0 Å². The number of carbonyl (C=O) groups is 2. The van der Waals surface area contributed by atoms with Crippen molar-refractivity contribution in [3.63, 3.8) is 0 Å². The molecular weight excluding hydrogens is 610 g/mol. The fraction of sp³-hybridized carbons (Fsp3) is 0.368. The van der Waals surface area contributed by atoms with Gasteiger partial charge < -0.3 is 24.0 Å². The lowest BCUT2D eigenvalue weighted by molar-refractivity contribution is -0.384. The first-order chi connectivity index (χ1) is 23.0. The molecule has 2 fully saturated rings. The van der Waals surface area contributed by atoms with Crippen molar-refractivity contribution >= 4 is 35.0 Å². The number of nitro groups is 1. The molecule has 3 aliphatic rings. The molecule has 0 unspecified atom stereocenters. The van der Waals surface area contributed by atoms with Crippen LogP contribution in [0.25, 0.3) is 11.6 Å². The molecule has 10 heteroatoms. The van der Waals surface area contributed by atoms with Gasteiger partial charge in [-0.3, -0.25) is 14.9 Å². The van der Waals surface area contributed by atoms with Crippen molar-refractivity contribution in [2.75, 3.05) is 18.0 Å². The zero-order valence-corrected chi connectivity index (χ0v) is 27.5. The van der Waals surface area contributed by atoms with Crippen LogP contribution in [0.4, 0.5) is 16.2 Å². The Labute approximate surface area is 280 Å². The number of piperidine rings is 1. The monoisotopic (exact) mass is 651 g/mol. The van der Waals surface area contributed by atoms with E-state index in [1.807, 2.05) is 75.4 Å². The quantitative estimate of drug-likeness (QED) is 0.133. The van der Waals surface area contributed by atoms with Crippen LogP contribution in [-0.2, 0) is 20.8 Å². The average Bonchev–Trinajstić information content (AvgIpc) is 3.30. The summed E-state index contributed by atoms with van der Waals surface area (Å²) in [4.78, 5) is 39.9. The Balaban J connectivity index is 0.980. The van der Waals surface area contributed by atoms with Crippen LogP contribution in [0.5, 0.6) is 5.75 Å². The molecule has 6 rings (SSSR count). The maximum absolute atomic E-state index is 13.5. The molecule has 0 radical (unpaired) electrons. The number of carbonyl (C=O) groups excluding carboxylic acids is 2. The summed E-state index contributed by atoms with van der Waals surface area (Å²) in [6, 6.07) is 21.9. The number of ether oxygens (including phenoxy) is 3. The van der Waals surface area contributed by atoms with E-state index in [0.29, 0.717) is 25.2 Å². The molecule has 0 spiro atoms. The van der Waals surface area contributed by atoms with E-state index in [-0.39, 0.29) is 36.0 Å². The van der Waals surface area contributed by atoms with E-state index in [2.05, 4.69) is 0 Å². The van der Waals surface area contributed by atoms with Crippen molar-refractivity contribution in [1.29, 1.82) is 0 Å². The molecule has 250 valence electrons. The van der Waals surface area contributed by atoms with Crippen LogP contribution in [-0.4, -0.2) is 58.8 Å². The van der Waals surface area contributed by atoms with Gasteiger partial charge in [-0.05, 0) is 81.1 Å². The largest absolute Gasteiger partial charge is 0.490 e. The summed E-state index contributed by atoms with van der Waals surface area (Å²) in [5.41, 5.74) is 3.65. The highest BCUT2D eigenvalue weighted by atomic mass is 16.6. The summed E-state index contributed by atoms with van der Waals surface area (Å²) in [6.45, 7) is 7.35. The van der Waals surface area contributed by atoms with Gasteiger partial charge in [0, 0.05) is 49.2 Å². The Morgan fingerprint density at radius 2 is 1.62 bits per heavy atom. The molecule has 0 atom stereocenters. The zero-order chi connectivity index (χ0) is 33.8. The molecule has 1 aliphatic carbocycles. The Morgan fingerprint density at radius 1 is 0.938 bits per heavy atom. The number of hydrogen-bond acceptors (Lipinski definition) is 7. The number of para-hydroxylation sites is 1. The van der Waals surface area contributed by atoms with Gasteiger partial charge in [0.25, 0.3) is 11.6 Å². The topological polar surface area (TPSA) is 111 Å². The standard InChI is InChI=1S/C38H41N3O7/c1-38(2,3)48-37(43)39-21-19-30(20-22-39)47-32-23-31(24-32)46-29-17-13-27(14-18-29)25-40-35-10-5-4-8-33(35)34(36(40)42)9-6-7-26-11-15-28(16-12-26)41(44)45/h4-18,30-32H,19-25H2,1-3H3. The van der Waals surface area contributed by atoms with Gasteiger partial charge >= 0.3 is 6.09 Å². The minimum atomic E-state index is -0.493. The maximum Gasteiger partial charge on any atom is 0.410 e. The molecule has 0 aromatic heterocycles. The molecule has 10 nitrogen and oxygen atoms in total. The van der Waals surface area contributed by atoms with Gasteiger partial charge in [-0.15, -0.1) is 0 Å². The van der Waals surface area contributed by atoms with E-state index in [9.17, 15) is 19.7 Å². The van der Waals surface area contributed by atoms with Crippen LogP contribution in [0.2, 0.25) is 0 Å². The summed E-state index contributed by atoms with van der Waals surface area (Å²) in [6.07, 6.45) is 8.85. The normalized spacial score (nSPS) is 20.6. The summed E-state index contributed by atoms with van der Waals surface area (Å²) in [5, 5.41) is 10.9. The van der Waals surface area contributed by atoms with E-state index >= 15 is 0 Å². The fourth-order valence-corrected chi connectivity index (χ4v) is 6.13. The van der Waals surface area contributed by atoms with E-state index in [1.54, 1.807) is 34.1 Å². The smallest absolute Gasteiger partial charge is 0.410 e. The molecular formula is C38H41N3O7. The fourth-order valence-electron chi connectivity index (χ4n) is 6.13. The van der Waals surface area contributed by atoms with Gasteiger partial charge in [0.05, 0.1) is 29.4 Å². The van der Waals surface area contributed by atoms with E-state index in [4.69, 9.17) is 14.2 Å². The number of fused-ring (bicyclic) bond motifs is 1. The third kappa shape index (κ3) is 7.94. The maximum atomic E-state index is 13.5.